The summed E-state index contributed by atoms with van der Waals surface area (Å²) in [6, 6.07) is 14.2. The molecule has 2 aromatic carbocycles. The maximum atomic E-state index is 12.8. The molecular formula is C19H22F3NO3. The first-order chi connectivity index (χ1) is 12.3. The third kappa shape index (κ3) is 5.93. The second-order valence-corrected chi connectivity index (χ2v) is 5.92. The van der Waals surface area contributed by atoms with Crippen molar-refractivity contribution in [3.8, 4) is 11.5 Å². The number of hydrogen-bond acceptors (Lipinski definition) is 4. The highest BCUT2D eigenvalue weighted by atomic mass is 19.4. The van der Waals surface area contributed by atoms with Gasteiger partial charge in [-0.1, -0.05) is 24.3 Å². The van der Waals surface area contributed by atoms with Gasteiger partial charge in [0.15, 0.2) is 6.10 Å². The first kappa shape index (κ1) is 20.1. The van der Waals surface area contributed by atoms with Gasteiger partial charge in [-0.2, -0.15) is 13.2 Å². The highest BCUT2D eigenvalue weighted by Crippen LogP contribution is 2.23. The zero-order chi connectivity index (χ0) is 19.2. The number of halogens is 3. The van der Waals surface area contributed by atoms with E-state index in [1.165, 1.54) is 0 Å². The van der Waals surface area contributed by atoms with Crippen LogP contribution in [-0.2, 0) is 13.1 Å². The molecule has 0 saturated carbocycles. The molecule has 0 fully saturated rings. The minimum atomic E-state index is -4.65. The van der Waals surface area contributed by atoms with Crippen molar-refractivity contribution in [2.24, 2.45) is 0 Å². The largest absolute Gasteiger partial charge is 0.497 e. The van der Waals surface area contributed by atoms with Crippen molar-refractivity contribution in [1.29, 1.82) is 0 Å². The summed E-state index contributed by atoms with van der Waals surface area (Å²) in [5.41, 5.74) is 1.65. The Hall–Kier alpha value is -2.25. The number of alkyl halides is 3. The first-order valence-corrected chi connectivity index (χ1v) is 8.05. The molecule has 0 aliphatic rings. The van der Waals surface area contributed by atoms with E-state index in [0.29, 0.717) is 11.5 Å². The van der Waals surface area contributed by atoms with Gasteiger partial charge in [0.1, 0.15) is 11.5 Å². The van der Waals surface area contributed by atoms with Crippen molar-refractivity contribution in [2.45, 2.75) is 25.4 Å². The molecule has 2 rings (SSSR count). The molecule has 0 heterocycles. The Kier molecular flexibility index (Phi) is 6.88. The van der Waals surface area contributed by atoms with E-state index < -0.39 is 18.8 Å². The fourth-order valence-electron chi connectivity index (χ4n) is 2.51. The highest BCUT2D eigenvalue weighted by molar-refractivity contribution is 5.28. The normalized spacial score (nSPS) is 12.9. The molecule has 1 N–H and O–H groups in total. The van der Waals surface area contributed by atoms with E-state index in [1.54, 1.807) is 67.7 Å². The predicted molar refractivity (Wildman–Crippen MR) is 92.2 cm³/mol. The minimum absolute atomic E-state index is 0.267. The van der Waals surface area contributed by atoms with Crippen LogP contribution in [0.5, 0.6) is 11.5 Å². The number of methoxy groups -OCH3 is 2. The van der Waals surface area contributed by atoms with Crippen LogP contribution in [0.25, 0.3) is 0 Å². The van der Waals surface area contributed by atoms with Gasteiger partial charge in [0.25, 0.3) is 0 Å². The topological polar surface area (TPSA) is 41.9 Å². The van der Waals surface area contributed by atoms with Crippen molar-refractivity contribution >= 4 is 0 Å². The average molecular weight is 369 g/mol. The Morgan fingerprint density at radius 1 is 0.846 bits per heavy atom. The predicted octanol–water partition coefficient (Wildman–Crippen LogP) is 3.63. The van der Waals surface area contributed by atoms with E-state index in [1.807, 2.05) is 0 Å². The van der Waals surface area contributed by atoms with Gasteiger partial charge in [0.2, 0.25) is 0 Å². The zero-order valence-electron chi connectivity index (χ0n) is 14.7. The standard InChI is InChI=1S/C19H22F3NO3/c1-25-16-7-3-14(4-8-16)11-23(13-18(24)19(20,21)22)12-15-5-9-17(26-2)10-6-15/h3-10,18,24H,11-13H2,1-2H3. The van der Waals surface area contributed by atoms with Crippen molar-refractivity contribution in [3.63, 3.8) is 0 Å². The molecule has 1 atom stereocenters. The van der Waals surface area contributed by atoms with Gasteiger partial charge in [0.05, 0.1) is 14.2 Å². The summed E-state index contributed by atoms with van der Waals surface area (Å²) in [4.78, 5) is 1.56. The third-order valence-corrected chi connectivity index (χ3v) is 3.94. The molecule has 7 heteroatoms. The van der Waals surface area contributed by atoms with Crippen molar-refractivity contribution in [1.82, 2.24) is 4.90 Å². The lowest BCUT2D eigenvalue weighted by Gasteiger charge is -2.26. The van der Waals surface area contributed by atoms with Gasteiger partial charge in [-0.05, 0) is 35.4 Å². The van der Waals surface area contributed by atoms with E-state index in [2.05, 4.69) is 0 Å². The van der Waals surface area contributed by atoms with Crippen LogP contribution in [0.15, 0.2) is 48.5 Å². The molecule has 0 radical (unpaired) electrons. The number of nitrogens with zero attached hydrogens (tertiary/aromatic N) is 1. The maximum Gasteiger partial charge on any atom is 0.415 e. The fraction of sp³-hybridized carbons (Fsp3) is 0.368. The van der Waals surface area contributed by atoms with Crippen LogP contribution in [0.2, 0.25) is 0 Å². The van der Waals surface area contributed by atoms with Gasteiger partial charge in [-0.25, -0.2) is 0 Å². The molecular weight excluding hydrogens is 347 g/mol. The monoisotopic (exact) mass is 369 g/mol. The molecule has 0 aromatic heterocycles. The second kappa shape index (κ2) is 8.91. The lowest BCUT2D eigenvalue weighted by molar-refractivity contribution is -0.208. The lowest BCUT2D eigenvalue weighted by Crippen LogP contribution is -2.40. The molecule has 0 aliphatic heterocycles. The SMILES string of the molecule is COc1ccc(CN(Cc2ccc(OC)cc2)CC(O)C(F)(F)F)cc1. The smallest absolute Gasteiger partial charge is 0.415 e. The summed E-state index contributed by atoms with van der Waals surface area (Å²) in [6.07, 6.45) is -7.06. The van der Waals surface area contributed by atoms with Crippen molar-refractivity contribution < 1.29 is 27.8 Å². The Bertz CT molecular complexity index is 622. The lowest BCUT2D eigenvalue weighted by atomic mass is 10.1. The van der Waals surface area contributed by atoms with Gasteiger partial charge >= 0.3 is 6.18 Å². The highest BCUT2D eigenvalue weighted by Gasteiger charge is 2.39. The summed E-state index contributed by atoms with van der Waals surface area (Å²) in [6.45, 7) is 0.0217. The van der Waals surface area contributed by atoms with E-state index in [4.69, 9.17) is 9.47 Å². The van der Waals surface area contributed by atoms with Crippen LogP contribution in [0, 0.1) is 0 Å². The van der Waals surface area contributed by atoms with Gasteiger partial charge in [-0.15, -0.1) is 0 Å². The van der Waals surface area contributed by atoms with Crippen LogP contribution >= 0.6 is 0 Å². The first-order valence-electron chi connectivity index (χ1n) is 8.05. The van der Waals surface area contributed by atoms with E-state index in [0.717, 1.165) is 11.1 Å². The van der Waals surface area contributed by atoms with Gasteiger partial charge < -0.3 is 14.6 Å². The van der Waals surface area contributed by atoms with Crippen LogP contribution in [-0.4, -0.2) is 43.1 Å². The Morgan fingerprint density at radius 2 is 1.23 bits per heavy atom. The number of aliphatic hydroxyl groups is 1. The number of rotatable bonds is 8. The van der Waals surface area contributed by atoms with Crippen LogP contribution < -0.4 is 9.47 Å². The fourth-order valence-corrected chi connectivity index (χ4v) is 2.51. The maximum absolute atomic E-state index is 12.8. The molecule has 142 valence electrons. The Balaban J connectivity index is 2.13. The molecule has 0 saturated heterocycles. The molecule has 2 aromatic rings. The number of ether oxygens (including phenoxy) is 2. The molecule has 0 spiro atoms. The summed E-state index contributed by atoms with van der Waals surface area (Å²) >= 11 is 0. The van der Waals surface area contributed by atoms with Gasteiger partial charge in [-0.3, -0.25) is 4.90 Å². The van der Waals surface area contributed by atoms with Gasteiger partial charge in [0, 0.05) is 19.6 Å². The Labute approximate surface area is 150 Å². The molecule has 1 unspecified atom stereocenters. The Morgan fingerprint density at radius 3 is 1.54 bits per heavy atom. The average Bonchev–Trinajstić information content (AvgIpc) is 2.62. The summed E-state index contributed by atoms with van der Waals surface area (Å²) < 4.78 is 48.5. The van der Waals surface area contributed by atoms with Crippen LogP contribution in [0.1, 0.15) is 11.1 Å². The minimum Gasteiger partial charge on any atom is -0.497 e. The number of hydrogen-bond donors (Lipinski definition) is 1. The van der Waals surface area contributed by atoms with E-state index in [9.17, 15) is 18.3 Å². The van der Waals surface area contributed by atoms with E-state index >= 15 is 0 Å². The second-order valence-electron chi connectivity index (χ2n) is 5.92. The molecule has 4 nitrogen and oxygen atoms in total. The molecule has 0 amide bonds. The molecule has 0 bridgehead atoms. The van der Waals surface area contributed by atoms with E-state index in [-0.39, 0.29) is 13.1 Å². The van der Waals surface area contributed by atoms with Crippen LogP contribution in [0.3, 0.4) is 0 Å². The third-order valence-electron chi connectivity index (χ3n) is 3.94. The quantitative estimate of drug-likeness (QED) is 0.772. The summed E-state index contributed by atoms with van der Waals surface area (Å²) in [5, 5.41) is 9.47. The van der Waals surface area contributed by atoms with Crippen molar-refractivity contribution in [3.05, 3.63) is 59.7 Å². The van der Waals surface area contributed by atoms with Crippen LogP contribution in [0.4, 0.5) is 13.2 Å². The molecule has 26 heavy (non-hydrogen) atoms. The summed E-state index contributed by atoms with van der Waals surface area (Å²) in [7, 11) is 3.09. The number of aliphatic hydroxyl groups excluding tert-OH is 1. The number of benzene rings is 2. The van der Waals surface area contributed by atoms with Crippen molar-refractivity contribution in [2.75, 3.05) is 20.8 Å². The zero-order valence-corrected chi connectivity index (χ0v) is 14.7. The summed E-state index contributed by atoms with van der Waals surface area (Å²) in [5.74, 6) is 1.34. The molecule has 0 aliphatic carbocycles.